The van der Waals surface area contributed by atoms with Gasteiger partial charge in [0.2, 0.25) is 0 Å². The number of allylic oxidation sites excluding steroid dienone is 1. The fraction of sp³-hybridized carbons (Fsp3) is 0.0400. The van der Waals surface area contributed by atoms with Crippen molar-refractivity contribution in [3.63, 3.8) is 0 Å². The Morgan fingerprint density at radius 3 is 2.29 bits per heavy atom. The van der Waals surface area contributed by atoms with Crippen molar-refractivity contribution in [2.45, 2.75) is 6.04 Å². The van der Waals surface area contributed by atoms with Crippen molar-refractivity contribution in [2.24, 2.45) is 0 Å². The Morgan fingerprint density at radius 2 is 1.43 bits per heavy atom. The molecule has 3 aromatic rings. The van der Waals surface area contributed by atoms with Gasteiger partial charge in [-0.15, -0.1) is 0 Å². The summed E-state index contributed by atoms with van der Waals surface area (Å²) in [6.07, 6.45) is 6.66. The summed E-state index contributed by atoms with van der Waals surface area (Å²) in [5.74, 6) is 0. The largest absolute Gasteiger partial charge is 0.371 e. The summed E-state index contributed by atoms with van der Waals surface area (Å²) in [7, 11) is 0. The first kappa shape index (κ1) is 15.3. The van der Waals surface area contributed by atoms with Crippen LogP contribution >= 0.6 is 0 Å². The highest BCUT2D eigenvalue weighted by atomic mass is 15.2. The predicted molar refractivity (Wildman–Crippen MR) is 115 cm³/mol. The van der Waals surface area contributed by atoms with Gasteiger partial charge in [0, 0.05) is 28.7 Å². The molecule has 0 radical (unpaired) electrons. The second-order valence-corrected chi connectivity index (χ2v) is 7.24. The fourth-order valence-corrected chi connectivity index (χ4v) is 4.29. The van der Waals surface area contributed by atoms with Crippen molar-refractivity contribution in [3.05, 3.63) is 114 Å². The molecule has 3 aliphatic heterocycles. The van der Waals surface area contributed by atoms with Gasteiger partial charge in [-0.3, -0.25) is 0 Å². The summed E-state index contributed by atoms with van der Waals surface area (Å²) in [5, 5.41) is 7.45. The normalized spacial score (nSPS) is 18.8. The Hall–Kier alpha value is -3.72. The van der Waals surface area contributed by atoms with Gasteiger partial charge in [0.25, 0.3) is 0 Å². The maximum Gasteiger partial charge on any atom is 0.0872 e. The lowest BCUT2D eigenvalue weighted by molar-refractivity contribution is 0.801. The molecule has 3 heterocycles. The zero-order valence-corrected chi connectivity index (χ0v) is 15.3. The standard InChI is InChI=1S/C25H19N3/c1-2-8-17(9-3-1)28-15-14-22-24(28)16-23-25(27-22)20-12-5-4-10-18(20)19-11-6-7-13-21(19)26-23/h1-16,22,26-27H. The minimum atomic E-state index is 0.162. The number of fused-ring (bicyclic) bond motifs is 5. The van der Waals surface area contributed by atoms with E-state index in [1.807, 2.05) is 0 Å². The molecule has 0 amide bonds. The lowest BCUT2D eigenvalue weighted by atomic mass is 9.95. The summed E-state index contributed by atoms with van der Waals surface area (Å²) < 4.78 is 0. The highest BCUT2D eigenvalue weighted by Gasteiger charge is 2.31. The van der Waals surface area contributed by atoms with Gasteiger partial charge in [0.05, 0.1) is 23.1 Å². The number of para-hydroxylation sites is 2. The number of nitrogens with zero attached hydrogens (tertiary/aromatic N) is 1. The quantitative estimate of drug-likeness (QED) is 0.613. The monoisotopic (exact) mass is 361 g/mol. The minimum Gasteiger partial charge on any atom is -0.371 e. The zero-order chi connectivity index (χ0) is 18.5. The average Bonchev–Trinajstić information content (AvgIpc) is 3.11. The molecule has 3 nitrogen and oxygen atoms in total. The fourth-order valence-electron chi connectivity index (χ4n) is 4.29. The van der Waals surface area contributed by atoms with Gasteiger partial charge in [-0.2, -0.15) is 0 Å². The first-order valence-corrected chi connectivity index (χ1v) is 9.59. The highest BCUT2D eigenvalue weighted by Crippen LogP contribution is 2.41. The number of nitrogens with one attached hydrogen (secondary N) is 2. The molecule has 134 valence electrons. The van der Waals surface area contributed by atoms with E-state index >= 15 is 0 Å². The number of hydrogen-bond donors (Lipinski definition) is 2. The number of benzene rings is 3. The molecule has 0 fully saturated rings. The molecule has 0 bridgehead atoms. The topological polar surface area (TPSA) is 27.3 Å². The molecule has 0 spiro atoms. The number of dihydropyridines is 1. The Bertz CT molecular complexity index is 1170. The van der Waals surface area contributed by atoms with Gasteiger partial charge in [-0.1, -0.05) is 60.7 Å². The maximum atomic E-state index is 3.77. The molecule has 6 rings (SSSR count). The molecule has 1 atom stereocenters. The molecule has 0 saturated heterocycles. The first-order chi connectivity index (χ1) is 13.9. The number of hydrogen-bond acceptors (Lipinski definition) is 3. The van der Waals surface area contributed by atoms with E-state index in [1.54, 1.807) is 0 Å². The summed E-state index contributed by atoms with van der Waals surface area (Å²) in [6, 6.07) is 27.8. The predicted octanol–water partition coefficient (Wildman–Crippen LogP) is 5.34. The summed E-state index contributed by atoms with van der Waals surface area (Å²) in [4.78, 5) is 2.26. The van der Waals surface area contributed by atoms with Crippen molar-refractivity contribution >= 4 is 17.1 Å². The molecular weight excluding hydrogens is 342 g/mol. The van der Waals surface area contributed by atoms with Crippen LogP contribution in [0.25, 0.3) is 16.8 Å². The Kier molecular flexibility index (Phi) is 3.23. The van der Waals surface area contributed by atoms with E-state index in [2.05, 4.69) is 113 Å². The van der Waals surface area contributed by atoms with Crippen LogP contribution in [0.15, 0.2) is 109 Å². The van der Waals surface area contributed by atoms with Crippen molar-refractivity contribution < 1.29 is 0 Å². The molecule has 0 aromatic heterocycles. The van der Waals surface area contributed by atoms with Gasteiger partial charge in [-0.05, 0) is 35.9 Å². The van der Waals surface area contributed by atoms with Gasteiger partial charge in [0.15, 0.2) is 0 Å². The maximum absolute atomic E-state index is 3.77. The van der Waals surface area contributed by atoms with Gasteiger partial charge in [-0.25, -0.2) is 0 Å². The van der Waals surface area contributed by atoms with E-state index in [0.717, 1.165) is 17.1 Å². The lowest BCUT2D eigenvalue weighted by Gasteiger charge is -2.30. The Morgan fingerprint density at radius 1 is 0.714 bits per heavy atom. The van der Waals surface area contributed by atoms with Crippen molar-refractivity contribution in [1.82, 2.24) is 5.32 Å². The molecule has 0 saturated carbocycles. The third-order valence-electron chi connectivity index (χ3n) is 5.60. The SMILES string of the molecule is C1=CN(c2ccccc2)C2=CC3=C(NC12)c1ccccc1-c1ccccc1N3. The van der Waals surface area contributed by atoms with E-state index in [1.165, 1.54) is 28.1 Å². The number of rotatable bonds is 1. The molecular formula is C25H19N3. The lowest BCUT2D eigenvalue weighted by Crippen LogP contribution is -2.34. The molecule has 0 aliphatic carbocycles. The smallest absolute Gasteiger partial charge is 0.0872 e. The second kappa shape index (κ2) is 5.89. The Balaban J connectivity index is 1.53. The van der Waals surface area contributed by atoms with Crippen LogP contribution in [0, 0.1) is 0 Å². The van der Waals surface area contributed by atoms with Crippen LogP contribution in [0.5, 0.6) is 0 Å². The van der Waals surface area contributed by atoms with Crippen LogP contribution in [0.1, 0.15) is 5.56 Å². The molecule has 2 N–H and O–H groups in total. The third kappa shape index (κ3) is 2.23. The van der Waals surface area contributed by atoms with Crippen LogP contribution in [0.4, 0.5) is 11.4 Å². The van der Waals surface area contributed by atoms with Crippen LogP contribution in [0.3, 0.4) is 0 Å². The van der Waals surface area contributed by atoms with E-state index in [4.69, 9.17) is 0 Å². The second-order valence-electron chi connectivity index (χ2n) is 7.24. The molecule has 1 unspecified atom stereocenters. The molecule has 3 aromatic carbocycles. The van der Waals surface area contributed by atoms with Crippen molar-refractivity contribution in [2.75, 3.05) is 10.2 Å². The molecule has 28 heavy (non-hydrogen) atoms. The van der Waals surface area contributed by atoms with Gasteiger partial charge >= 0.3 is 0 Å². The van der Waals surface area contributed by atoms with Crippen LogP contribution in [-0.4, -0.2) is 6.04 Å². The van der Waals surface area contributed by atoms with Crippen LogP contribution in [-0.2, 0) is 0 Å². The van der Waals surface area contributed by atoms with Crippen LogP contribution < -0.4 is 15.5 Å². The van der Waals surface area contributed by atoms with Crippen molar-refractivity contribution in [1.29, 1.82) is 0 Å². The summed E-state index contributed by atoms with van der Waals surface area (Å²) >= 11 is 0. The first-order valence-electron chi connectivity index (χ1n) is 9.59. The minimum absolute atomic E-state index is 0.162. The Labute approximate surface area is 164 Å². The van der Waals surface area contributed by atoms with Gasteiger partial charge in [0.1, 0.15) is 0 Å². The van der Waals surface area contributed by atoms with E-state index in [0.29, 0.717) is 0 Å². The third-order valence-corrected chi connectivity index (χ3v) is 5.60. The van der Waals surface area contributed by atoms with Crippen molar-refractivity contribution in [3.8, 4) is 11.1 Å². The van der Waals surface area contributed by atoms with E-state index < -0.39 is 0 Å². The summed E-state index contributed by atoms with van der Waals surface area (Å²) in [5.41, 5.74) is 9.51. The molecule has 3 aliphatic rings. The van der Waals surface area contributed by atoms with Gasteiger partial charge < -0.3 is 15.5 Å². The summed E-state index contributed by atoms with van der Waals surface area (Å²) in [6.45, 7) is 0. The number of anilines is 2. The van der Waals surface area contributed by atoms with Crippen LogP contribution in [0.2, 0.25) is 0 Å². The van der Waals surface area contributed by atoms with E-state index in [-0.39, 0.29) is 6.04 Å². The average molecular weight is 361 g/mol. The molecule has 3 heteroatoms. The highest BCUT2D eigenvalue weighted by molar-refractivity contribution is 5.94. The van der Waals surface area contributed by atoms with E-state index in [9.17, 15) is 0 Å². The zero-order valence-electron chi connectivity index (χ0n) is 15.3.